The van der Waals surface area contributed by atoms with E-state index in [1.165, 1.54) is 7.11 Å². The fourth-order valence-corrected chi connectivity index (χ4v) is 3.19. The van der Waals surface area contributed by atoms with Gasteiger partial charge in [-0.15, -0.1) is 0 Å². The van der Waals surface area contributed by atoms with E-state index in [4.69, 9.17) is 4.74 Å². The highest BCUT2D eigenvalue weighted by atomic mass is 16.5. The first-order valence-electron chi connectivity index (χ1n) is 9.09. The lowest BCUT2D eigenvalue weighted by molar-refractivity contribution is -0.147. The van der Waals surface area contributed by atoms with Gasteiger partial charge in [-0.3, -0.25) is 24.1 Å². The van der Waals surface area contributed by atoms with Crippen molar-refractivity contribution in [2.45, 2.75) is 46.2 Å². The highest BCUT2D eigenvalue weighted by Crippen LogP contribution is 2.25. The number of hydrogen-bond acceptors (Lipinski definition) is 5. The Morgan fingerprint density at radius 1 is 1.07 bits per heavy atom. The molecule has 0 aromatic heterocycles. The number of carbonyl (C=O) groups is 4. The predicted molar refractivity (Wildman–Crippen MR) is 99.1 cm³/mol. The van der Waals surface area contributed by atoms with Crippen molar-refractivity contribution in [1.82, 2.24) is 9.80 Å². The molecule has 0 saturated carbocycles. The standard InChI is InChI=1S/C20H26N2O5/c1-6-13(3)21(11-12(2)20(26)27-5)17(23)14(4)22-18(24)15-9-7-8-10-16(15)19(22)25/h7-10,12-14H,6,11H2,1-5H3. The maximum absolute atomic E-state index is 13.1. The van der Waals surface area contributed by atoms with E-state index < -0.39 is 29.7 Å². The predicted octanol–water partition coefficient (Wildman–Crippen LogP) is 2.11. The van der Waals surface area contributed by atoms with Crippen molar-refractivity contribution in [3.05, 3.63) is 35.4 Å². The van der Waals surface area contributed by atoms with Gasteiger partial charge in [-0.2, -0.15) is 0 Å². The summed E-state index contributed by atoms with van der Waals surface area (Å²) in [5.41, 5.74) is 0.611. The molecule has 7 heteroatoms. The fraction of sp³-hybridized carbons (Fsp3) is 0.500. The third kappa shape index (κ3) is 3.86. The first-order valence-corrected chi connectivity index (χ1v) is 9.09. The Balaban J connectivity index is 2.26. The van der Waals surface area contributed by atoms with Crippen molar-refractivity contribution < 1.29 is 23.9 Å². The first-order chi connectivity index (χ1) is 12.7. The van der Waals surface area contributed by atoms with Crippen molar-refractivity contribution >= 4 is 23.7 Å². The number of imide groups is 1. The Kier molecular flexibility index (Phi) is 6.36. The SMILES string of the molecule is CCC(C)N(CC(C)C(=O)OC)C(=O)C(C)N1C(=O)c2ccccc2C1=O. The molecule has 1 heterocycles. The van der Waals surface area contributed by atoms with Gasteiger partial charge in [-0.25, -0.2) is 0 Å². The summed E-state index contributed by atoms with van der Waals surface area (Å²) in [6.07, 6.45) is 0.675. The number of carbonyl (C=O) groups excluding carboxylic acids is 4. The molecule has 0 N–H and O–H groups in total. The van der Waals surface area contributed by atoms with Crippen molar-refractivity contribution in [3.8, 4) is 0 Å². The molecule has 0 saturated heterocycles. The number of esters is 1. The van der Waals surface area contributed by atoms with Crippen LogP contribution in [0.15, 0.2) is 24.3 Å². The Hall–Kier alpha value is -2.70. The second kappa shape index (κ2) is 8.33. The van der Waals surface area contributed by atoms with Crippen LogP contribution in [0.4, 0.5) is 0 Å². The van der Waals surface area contributed by atoms with Crippen LogP contribution in [0.2, 0.25) is 0 Å². The molecule has 0 spiro atoms. The fourth-order valence-electron chi connectivity index (χ4n) is 3.19. The molecule has 0 radical (unpaired) electrons. The number of rotatable bonds is 7. The normalized spacial score (nSPS) is 16.6. The van der Waals surface area contributed by atoms with Crippen LogP contribution in [-0.4, -0.2) is 59.2 Å². The van der Waals surface area contributed by atoms with Gasteiger partial charge < -0.3 is 9.64 Å². The van der Waals surface area contributed by atoms with Gasteiger partial charge in [-0.1, -0.05) is 26.0 Å². The van der Waals surface area contributed by atoms with Crippen molar-refractivity contribution in [2.75, 3.05) is 13.7 Å². The van der Waals surface area contributed by atoms with E-state index in [-0.39, 0.29) is 18.5 Å². The van der Waals surface area contributed by atoms with Crippen LogP contribution >= 0.6 is 0 Å². The molecular formula is C20H26N2O5. The van der Waals surface area contributed by atoms with Crippen molar-refractivity contribution in [3.63, 3.8) is 0 Å². The summed E-state index contributed by atoms with van der Waals surface area (Å²) in [4.78, 5) is 52.8. The minimum absolute atomic E-state index is 0.151. The number of fused-ring (bicyclic) bond motifs is 1. The summed E-state index contributed by atoms with van der Waals surface area (Å²) < 4.78 is 4.75. The van der Waals surface area contributed by atoms with E-state index in [0.717, 1.165) is 4.90 Å². The molecule has 3 unspecified atom stereocenters. The molecule has 146 valence electrons. The van der Waals surface area contributed by atoms with Crippen LogP contribution < -0.4 is 0 Å². The zero-order chi connectivity index (χ0) is 20.3. The number of nitrogens with zero attached hydrogens (tertiary/aromatic N) is 2. The van der Waals surface area contributed by atoms with Crippen LogP contribution in [0.5, 0.6) is 0 Å². The maximum atomic E-state index is 13.1. The molecule has 3 atom stereocenters. The lowest BCUT2D eigenvalue weighted by atomic mass is 10.1. The van der Waals surface area contributed by atoms with Crippen LogP contribution in [0.25, 0.3) is 0 Å². The van der Waals surface area contributed by atoms with Gasteiger partial charge in [0.15, 0.2) is 0 Å². The molecule has 0 fully saturated rings. The van der Waals surface area contributed by atoms with Crippen LogP contribution in [0, 0.1) is 5.92 Å². The molecule has 1 aromatic rings. The van der Waals surface area contributed by atoms with Crippen LogP contribution in [0.1, 0.15) is 54.8 Å². The summed E-state index contributed by atoms with van der Waals surface area (Å²) in [5, 5.41) is 0. The number of methoxy groups -OCH3 is 1. The lowest BCUT2D eigenvalue weighted by Gasteiger charge is -2.34. The molecule has 0 aliphatic carbocycles. The smallest absolute Gasteiger partial charge is 0.310 e. The second-order valence-electron chi connectivity index (χ2n) is 6.87. The third-order valence-corrected chi connectivity index (χ3v) is 5.05. The van der Waals surface area contributed by atoms with Crippen LogP contribution in [0.3, 0.4) is 0 Å². The van der Waals surface area contributed by atoms with Gasteiger partial charge in [0.25, 0.3) is 11.8 Å². The second-order valence-corrected chi connectivity index (χ2v) is 6.87. The monoisotopic (exact) mass is 374 g/mol. The summed E-state index contributed by atoms with van der Waals surface area (Å²) in [6, 6.07) is 5.42. The van der Waals surface area contributed by atoms with Gasteiger partial charge in [0.2, 0.25) is 5.91 Å². The topological polar surface area (TPSA) is 84.0 Å². The molecule has 27 heavy (non-hydrogen) atoms. The molecule has 3 amide bonds. The highest BCUT2D eigenvalue weighted by Gasteiger charge is 2.42. The van der Waals surface area contributed by atoms with Gasteiger partial charge in [0, 0.05) is 12.6 Å². The molecule has 7 nitrogen and oxygen atoms in total. The van der Waals surface area contributed by atoms with E-state index in [9.17, 15) is 19.2 Å². The zero-order valence-electron chi connectivity index (χ0n) is 16.4. The average molecular weight is 374 g/mol. The zero-order valence-corrected chi connectivity index (χ0v) is 16.4. The highest BCUT2D eigenvalue weighted by molar-refractivity contribution is 6.22. The largest absolute Gasteiger partial charge is 0.469 e. The van der Waals surface area contributed by atoms with E-state index in [2.05, 4.69) is 0 Å². The first kappa shape index (κ1) is 20.6. The maximum Gasteiger partial charge on any atom is 0.310 e. The molecular weight excluding hydrogens is 348 g/mol. The Morgan fingerprint density at radius 2 is 1.59 bits per heavy atom. The molecule has 1 aromatic carbocycles. The van der Waals surface area contributed by atoms with E-state index in [1.807, 2.05) is 13.8 Å². The van der Waals surface area contributed by atoms with E-state index in [0.29, 0.717) is 17.5 Å². The number of amides is 3. The minimum atomic E-state index is -0.962. The van der Waals surface area contributed by atoms with Gasteiger partial charge in [0.1, 0.15) is 6.04 Å². The van der Waals surface area contributed by atoms with Gasteiger partial charge in [0.05, 0.1) is 24.2 Å². The third-order valence-electron chi connectivity index (χ3n) is 5.05. The van der Waals surface area contributed by atoms with Crippen molar-refractivity contribution in [1.29, 1.82) is 0 Å². The summed E-state index contributed by atoms with van der Waals surface area (Å²) in [7, 11) is 1.30. The molecule has 1 aliphatic heterocycles. The molecule has 2 rings (SSSR count). The molecule has 0 bridgehead atoms. The Morgan fingerprint density at radius 3 is 2.04 bits per heavy atom. The van der Waals surface area contributed by atoms with Gasteiger partial charge >= 0.3 is 5.97 Å². The number of ether oxygens (including phenoxy) is 1. The quantitative estimate of drug-likeness (QED) is 0.539. The average Bonchev–Trinajstić information content (AvgIpc) is 2.94. The van der Waals surface area contributed by atoms with E-state index >= 15 is 0 Å². The summed E-state index contributed by atoms with van der Waals surface area (Å²) in [6.45, 7) is 7.19. The van der Waals surface area contributed by atoms with E-state index in [1.54, 1.807) is 43.0 Å². The number of hydrogen-bond donors (Lipinski definition) is 0. The number of benzene rings is 1. The minimum Gasteiger partial charge on any atom is -0.469 e. The van der Waals surface area contributed by atoms with Crippen molar-refractivity contribution in [2.24, 2.45) is 5.92 Å². The molecule has 1 aliphatic rings. The lowest BCUT2D eigenvalue weighted by Crippen LogP contribution is -2.53. The summed E-state index contributed by atoms with van der Waals surface area (Å²) >= 11 is 0. The van der Waals surface area contributed by atoms with Crippen LogP contribution in [-0.2, 0) is 14.3 Å². The Labute approximate surface area is 159 Å². The summed E-state index contributed by atoms with van der Waals surface area (Å²) in [5.74, 6) is -2.23. The van der Waals surface area contributed by atoms with Gasteiger partial charge in [-0.05, 0) is 32.4 Å². The Bertz CT molecular complexity index is 725.